The molecule has 1 unspecified atom stereocenters. The topological polar surface area (TPSA) is 81.8 Å². The Balaban J connectivity index is 3.00. The lowest BCUT2D eigenvalue weighted by Gasteiger charge is -2.51. The van der Waals surface area contributed by atoms with Gasteiger partial charge in [-0.2, -0.15) is 0 Å². The molecule has 0 heterocycles. The number of nitrogens with two attached hydrogens (primary N) is 1. The van der Waals surface area contributed by atoms with Gasteiger partial charge in [0, 0.05) is 12.5 Å². The Bertz CT molecular complexity index is 290. The molecule has 0 aromatic carbocycles. The summed E-state index contributed by atoms with van der Waals surface area (Å²) in [4.78, 5) is 11.0. The molecule has 18 heavy (non-hydrogen) atoms. The van der Waals surface area contributed by atoms with Gasteiger partial charge in [0.15, 0.2) is 0 Å². The van der Waals surface area contributed by atoms with Crippen LogP contribution in [0, 0.1) is 10.8 Å². The van der Waals surface area contributed by atoms with Gasteiger partial charge in [0.25, 0.3) is 0 Å². The first-order valence-corrected chi connectivity index (χ1v) is 6.40. The molecule has 1 saturated carbocycles. The highest BCUT2D eigenvalue weighted by atomic mass is 16.7. The number of hydrogen-bond donors (Lipinski definition) is 2. The number of carbonyl (C=O) groups is 1. The van der Waals surface area contributed by atoms with E-state index in [1.807, 2.05) is 0 Å². The standard InChI is InChI=1S/C13H25NO4/c1-12(2,3)13(7-5-9(15)6-8-13)10(17-4)18-11(14)16/h9-10,15H,5-8H2,1-4H3,(H2,14,16). The summed E-state index contributed by atoms with van der Waals surface area (Å²) in [6, 6.07) is 0. The Morgan fingerprint density at radius 1 is 1.39 bits per heavy atom. The van der Waals surface area contributed by atoms with E-state index in [1.54, 1.807) is 0 Å². The van der Waals surface area contributed by atoms with Crippen LogP contribution in [-0.4, -0.2) is 30.7 Å². The van der Waals surface area contributed by atoms with Gasteiger partial charge in [-0.1, -0.05) is 20.8 Å². The highest BCUT2D eigenvalue weighted by Crippen LogP contribution is 2.53. The van der Waals surface area contributed by atoms with E-state index in [-0.39, 0.29) is 16.9 Å². The van der Waals surface area contributed by atoms with E-state index >= 15 is 0 Å². The molecule has 1 aliphatic rings. The molecule has 1 atom stereocenters. The normalized spacial score (nSPS) is 30.8. The Labute approximate surface area is 109 Å². The van der Waals surface area contributed by atoms with E-state index in [0.29, 0.717) is 12.8 Å². The maximum absolute atomic E-state index is 11.0. The number of primary amides is 1. The summed E-state index contributed by atoms with van der Waals surface area (Å²) in [6.45, 7) is 6.29. The predicted molar refractivity (Wildman–Crippen MR) is 67.8 cm³/mol. The van der Waals surface area contributed by atoms with Crippen LogP contribution in [0.15, 0.2) is 0 Å². The fourth-order valence-corrected chi connectivity index (χ4v) is 2.95. The van der Waals surface area contributed by atoms with Crippen molar-refractivity contribution in [2.75, 3.05) is 7.11 Å². The fourth-order valence-electron chi connectivity index (χ4n) is 2.95. The van der Waals surface area contributed by atoms with Gasteiger partial charge in [-0.15, -0.1) is 0 Å². The number of aliphatic hydroxyl groups excluding tert-OH is 1. The van der Waals surface area contributed by atoms with E-state index in [9.17, 15) is 9.90 Å². The minimum Gasteiger partial charge on any atom is -0.419 e. The first kappa shape index (κ1) is 15.2. The molecule has 1 aliphatic carbocycles. The summed E-state index contributed by atoms with van der Waals surface area (Å²) in [7, 11) is 1.52. The van der Waals surface area contributed by atoms with Crippen LogP contribution in [0.2, 0.25) is 0 Å². The molecule has 1 amide bonds. The van der Waals surface area contributed by atoms with Gasteiger partial charge in [-0.3, -0.25) is 0 Å². The van der Waals surface area contributed by atoms with Gasteiger partial charge in [-0.25, -0.2) is 4.79 Å². The lowest BCUT2D eigenvalue weighted by atomic mass is 9.58. The second kappa shape index (κ2) is 5.45. The second-order valence-corrected chi connectivity index (χ2v) is 6.14. The van der Waals surface area contributed by atoms with E-state index < -0.39 is 12.4 Å². The molecule has 3 N–H and O–H groups in total. The van der Waals surface area contributed by atoms with E-state index in [2.05, 4.69) is 20.8 Å². The van der Waals surface area contributed by atoms with Crippen molar-refractivity contribution in [2.45, 2.75) is 58.8 Å². The van der Waals surface area contributed by atoms with Crippen LogP contribution < -0.4 is 5.73 Å². The molecule has 106 valence electrons. The van der Waals surface area contributed by atoms with Gasteiger partial charge in [0.2, 0.25) is 6.29 Å². The van der Waals surface area contributed by atoms with E-state index in [1.165, 1.54) is 7.11 Å². The zero-order valence-electron chi connectivity index (χ0n) is 11.7. The van der Waals surface area contributed by atoms with Crippen LogP contribution in [0.4, 0.5) is 4.79 Å². The predicted octanol–water partition coefficient (Wildman–Crippen LogP) is 2.02. The van der Waals surface area contributed by atoms with E-state index in [4.69, 9.17) is 15.2 Å². The number of amides is 1. The van der Waals surface area contributed by atoms with Gasteiger partial charge >= 0.3 is 6.09 Å². The maximum Gasteiger partial charge on any atom is 0.406 e. The van der Waals surface area contributed by atoms with Gasteiger partial charge < -0.3 is 20.3 Å². The molecule has 5 heteroatoms. The number of ether oxygens (including phenoxy) is 2. The Morgan fingerprint density at radius 2 is 1.89 bits per heavy atom. The molecular formula is C13H25NO4. The van der Waals surface area contributed by atoms with Crippen molar-refractivity contribution in [1.82, 2.24) is 0 Å². The van der Waals surface area contributed by atoms with Crippen LogP contribution in [-0.2, 0) is 9.47 Å². The number of aliphatic hydroxyl groups is 1. The quantitative estimate of drug-likeness (QED) is 0.760. The van der Waals surface area contributed by atoms with Crippen molar-refractivity contribution in [3.8, 4) is 0 Å². The molecule has 0 aromatic rings. The molecule has 0 aliphatic heterocycles. The summed E-state index contributed by atoms with van der Waals surface area (Å²) in [5.41, 5.74) is 4.70. The molecule has 1 rings (SSSR count). The van der Waals surface area contributed by atoms with Crippen LogP contribution in [0.1, 0.15) is 46.5 Å². The van der Waals surface area contributed by atoms with Crippen LogP contribution in [0.5, 0.6) is 0 Å². The summed E-state index contributed by atoms with van der Waals surface area (Å²) in [6.07, 6.45) is 1.14. The second-order valence-electron chi connectivity index (χ2n) is 6.14. The first-order chi connectivity index (χ1) is 8.23. The minimum absolute atomic E-state index is 0.108. The van der Waals surface area contributed by atoms with E-state index in [0.717, 1.165) is 12.8 Å². The Kier molecular flexibility index (Phi) is 4.61. The summed E-state index contributed by atoms with van der Waals surface area (Å²) in [5.74, 6) is 0. The zero-order valence-corrected chi connectivity index (χ0v) is 11.7. The van der Waals surface area contributed by atoms with Crippen LogP contribution >= 0.6 is 0 Å². The maximum atomic E-state index is 11.0. The lowest BCUT2D eigenvalue weighted by Crippen LogP contribution is -2.51. The van der Waals surface area contributed by atoms with Crippen LogP contribution in [0.3, 0.4) is 0 Å². The molecule has 5 nitrogen and oxygen atoms in total. The largest absolute Gasteiger partial charge is 0.419 e. The zero-order chi connectivity index (χ0) is 14.0. The number of carbonyl (C=O) groups excluding carboxylic acids is 1. The van der Waals surface area contributed by atoms with Crippen molar-refractivity contribution < 1.29 is 19.4 Å². The first-order valence-electron chi connectivity index (χ1n) is 6.40. The lowest BCUT2D eigenvalue weighted by molar-refractivity contribution is -0.211. The van der Waals surface area contributed by atoms with Crippen molar-refractivity contribution in [3.63, 3.8) is 0 Å². The highest BCUT2D eigenvalue weighted by Gasteiger charge is 2.52. The molecule has 0 aromatic heterocycles. The molecule has 1 fully saturated rings. The smallest absolute Gasteiger partial charge is 0.406 e. The van der Waals surface area contributed by atoms with Crippen molar-refractivity contribution >= 4 is 6.09 Å². The third-order valence-electron chi connectivity index (χ3n) is 4.23. The highest BCUT2D eigenvalue weighted by molar-refractivity contribution is 5.64. The number of rotatable bonds is 3. The number of hydrogen-bond acceptors (Lipinski definition) is 4. The third kappa shape index (κ3) is 2.95. The average Bonchev–Trinajstić information content (AvgIpc) is 2.25. The Morgan fingerprint density at radius 3 is 2.22 bits per heavy atom. The molecular weight excluding hydrogens is 234 g/mol. The number of methoxy groups -OCH3 is 1. The molecule has 0 spiro atoms. The summed E-state index contributed by atoms with van der Waals surface area (Å²) in [5, 5.41) is 9.67. The van der Waals surface area contributed by atoms with Crippen LogP contribution in [0.25, 0.3) is 0 Å². The molecule has 0 saturated heterocycles. The van der Waals surface area contributed by atoms with Gasteiger partial charge in [0.05, 0.1) is 6.10 Å². The monoisotopic (exact) mass is 259 g/mol. The SMILES string of the molecule is COC(OC(N)=O)C1(C(C)(C)C)CCC(O)CC1. The van der Waals surface area contributed by atoms with Gasteiger partial charge in [0.1, 0.15) is 0 Å². The fraction of sp³-hybridized carbons (Fsp3) is 0.923. The van der Waals surface area contributed by atoms with Crippen molar-refractivity contribution in [2.24, 2.45) is 16.6 Å². The summed E-state index contributed by atoms with van der Waals surface area (Å²) < 4.78 is 10.5. The van der Waals surface area contributed by atoms with Gasteiger partial charge in [-0.05, 0) is 31.1 Å². The summed E-state index contributed by atoms with van der Waals surface area (Å²) >= 11 is 0. The average molecular weight is 259 g/mol. The Hall–Kier alpha value is -0.810. The minimum atomic E-state index is -0.823. The molecule has 0 radical (unpaired) electrons. The van der Waals surface area contributed by atoms with Crippen molar-refractivity contribution in [3.05, 3.63) is 0 Å². The third-order valence-corrected chi connectivity index (χ3v) is 4.23. The molecule has 0 bridgehead atoms. The van der Waals surface area contributed by atoms with Crippen molar-refractivity contribution in [1.29, 1.82) is 0 Å².